The van der Waals surface area contributed by atoms with Gasteiger partial charge >= 0.3 is 0 Å². The van der Waals surface area contributed by atoms with Crippen LogP contribution in [-0.4, -0.2) is 19.6 Å². The molecule has 2 heterocycles. The maximum absolute atomic E-state index is 12.8. The normalized spacial score (nSPS) is 15.8. The molecule has 4 nitrogen and oxygen atoms in total. The van der Waals surface area contributed by atoms with Gasteiger partial charge in [0, 0.05) is 48.2 Å². The predicted molar refractivity (Wildman–Crippen MR) is 307 cm³/mol. The van der Waals surface area contributed by atoms with E-state index >= 15 is 0 Å². The van der Waals surface area contributed by atoms with Gasteiger partial charge in [-0.05, 0) is 127 Å². The van der Waals surface area contributed by atoms with E-state index in [1.54, 1.807) is 0 Å². The molecule has 1 unspecified atom stereocenters. The van der Waals surface area contributed by atoms with Crippen molar-refractivity contribution in [1.29, 1.82) is 0 Å². The van der Waals surface area contributed by atoms with Gasteiger partial charge < -0.3 is 5.11 Å². The van der Waals surface area contributed by atoms with Crippen molar-refractivity contribution in [2.75, 3.05) is 0 Å². The summed E-state index contributed by atoms with van der Waals surface area (Å²) in [5.74, 6) is -1.83. The van der Waals surface area contributed by atoms with Crippen LogP contribution in [0.2, 0.25) is 0 Å². The molecule has 9 aromatic rings. The molecule has 2 aromatic heterocycles. The van der Waals surface area contributed by atoms with Gasteiger partial charge in [0.05, 0.1) is 22.3 Å². The van der Waals surface area contributed by atoms with Gasteiger partial charge in [-0.25, -0.2) is 4.98 Å². The van der Waals surface area contributed by atoms with Crippen LogP contribution in [-0.2, 0) is 50.2 Å². The van der Waals surface area contributed by atoms with Crippen LogP contribution in [0.15, 0.2) is 152 Å². The fourth-order valence-corrected chi connectivity index (χ4v) is 10.7. The number of aromatic hydroxyl groups is 1. The number of pyridine rings is 1. The number of rotatable bonds is 9. The van der Waals surface area contributed by atoms with E-state index < -0.39 is 17.7 Å². The van der Waals surface area contributed by atoms with Crippen molar-refractivity contribution < 1.29 is 30.3 Å². The Hall–Kier alpha value is -6.35. The minimum Gasteiger partial charge on any atom is -0.507 e. The first-order valence-electron chi connectivity index (χ1n) is 27.5. The third kappa shape index (κ3) is 10.00. The first kappa shape index (κ1) is 48.6. The number of nitrogens with zero attached hydrogens (tertiary/aromatic N) is 3. The molecule has 10 rings (SSSR count). The van der Waals surface area contributed by atoms with Gasteiger partial charge in [-0.15, -0.1) is 29.3 Å². The van der Waals surface area contributed by atoms with Crippen molar-refractivity contribution in [2.45, 2.75) is 137 Å². The molecule has 0 saturated carbocycles. The summed E-state index contributed by atoms with van der Waals surface area (Å²) in [6, 6.07) is 54.4. The summed E-state index contributed by atoms with van der Waals surface area (Å²) in [5.41, 5.74) is 17.5. The largest absolute Gasteiger partial charge is 0.507 e. The Morgan fingerprint density at radius 1 is 0.608 bits per heavy atom. The van der Waals surface area contributed by atoms with E-state index in [0.717, 1.165) is 106 Å². The third-order valence-corrected chi connectivity index (χ3v) is 14.8. The summed E-state index contributed by atoms with van der Waals surface area (Å²) in [5, 5.41) is 12.8. The van der Waals surface area contributed by atoms with Crippen molar-refractivity contribution in [3.05, 3.63) is 202 Å². The standard InChI is InChI=1S/C69H72N3O.Pt/c1-42(2)54-26-20-27-55(43(3)4)63(54)46-30-31-70-60(38-46)51-34-50(35-52(36-51)67(5,6)7)56-28-21-29-61-64(56)71-66(58-40-53(68(8,9)10)41-59(65(58)73)69(11,12)13)72(61)62-39-49-33-47(44-22-16-14-17-23-44)32-48(49)37-57(62)45-24-18-15-19-25-45;/h14-31,35-43,47,73H,32-33H2,1-13H3;/q-1;/i42D,43D,47D;. The fraction of sp³-hybridized carbons (Fsp3) is 0.304. The van der Waals surface area contributed by atoms with Gasteiger partial charge in [-0.1, -0.05) is 204 Å². The average Bonchev–Trinajstić information content (AvgIpc) is 4.00. The fourth-order valence-electron chi connectivity index (χ4n) is 10.7. The van der Waals surface area contributed by atoms with Gasteiger partial charge in [0.2, 0.25) is 0 Å². The summed E-state index contributed by atoms with van der Waals surface area (Å²) in [6.45, 7) is 27.4. The summed E-state index contributed by atoms with van der Waals surface area (Å²) in [7, 11) is 0. The molecular formula is C69H72N3OPt-. The first-order valence-corrected chi connectivity index (χ1v) is 26.0. The zero-order chi connectivity index (χ0) is 54.5. The van der Waals surface area contributed by atoms with Crippen molar-refractivity contribution in [1.82, 2.24) is 14.5 Å². The Kier molecular flexibility index (Phi) is 13.2. The molecule has 0 bridgehead atoms. The van der Waals surface area contributed by atoms with Crippen LogP contribution in [0.1, 0.15) is 156 Å². The quantitative estimate of drug-likeness (QED) is 0.147. The topological polar surface area (TPSA) is 50.9 Å². The summed E-state index contributed by atoms with van der Waals surface area (Å²) < 4.78 is 30.6. The number of fused-ring (bicyclic) bond motifs is 2. The van der Waals surface area contributed by atoms with Crippen molar-refractivity contribution in [3.63, 3.8) is 0 Å². The zero-order valence-corrected chi connectivity index (χ0v) is 47.7. The second-order valence-electron chi connectivity index (χ2n) is 23.8. The van der Waals surface area contributed by atoms with Crippen LogP contribution in [0, 0.1) is 6.07 Å². The molecule has 1 aliphatic rings. The van der Waals surface area contributed by atoms with Crippen molar-refractivity contribution in [2.24, 2.45) is 0 Å². The van der Waals surface area contributed by atoms with E-state index in [1.807, 2.05) is 82.4 Å². The Labute approximate surface area is 459 Å². The van der Waals surface area contributed by atoms with Gasteiger partial charge in [0.25, 0.3) is 0 Å². The molecule has 0 amide bonds. The smallest absolute Gasteiger partial charge is 0.148 e. The SMILES string of the molecule is [2H]C(C)(C)c1cccc(C([2H])(C)C)c1-c1ccnc(-c2[c-]c(-c3cccc4c3nc(-c3cc(C(C)(C)C)cc(C(C)(C)C)c3O)n4-c3cc4c(cc3-c3ccccc3)CC([2H])(c3ccccc3)C4)cc(C(C)(C)C)c2)c1.[Pt]. The molecule has 1 atom stereocenters. The van der Waals surface area contributed by atoms with E-state index in [0.29, 0.717) is 24.2 Å². The number of benzene rings is 7. The summed E-state index contributed by atoms with van der Waals surface area (Å²) >= 11 is 0. The molecule has 1 aliphatic carbocycles. The van der Waals surface area contributed by atoms with Crippen LogP contribution in [0.3, 0.4) is 0 Å². The second kappa shape index (κ2) is 20.1. The van der Waals surface area contributed by atoms with Crippen LogP contribution >= 0.6 is 0 Å². The Morgan fingerprint density at radius 3 is 1.82 bits per heavy atom. The Bertz CT molecular complexity index is 3660. The molecule has 5 heteroatoms. The van der Waals surface area contributed by atoms with E-state index in [2.05, 4.69) is 170 Å². The van der Waals surface area contributed by atoms with Crippen LogP contribution < -0.4 is 0 Å². The third-order valence-electron chi connectivity index (χ3n) is 14.8. The van der Waals surface area contributed by atoms with Gasteiger partial charge in [0.15, 0.2) is 0 Å². The van der Waals surface area contributed by atoms with Crippen LogP contribution in [0.4, 0.5) is 0 Å². The van der Waals surface area contributed by atoms with E-state index in [4.69, 9.17) is 9.97 Å². The Morgan fingerprint density at radius 2 is 1.20 bits per heavy atom. The van der Waals surface area contributed by atoms with Crippen LogP contribution in [0.25, 0.3) is 72.7 Å². The zero-order valence-electron chi connectivity index (χ0n) is 48.5. The van der Waals surface area contributed by atoms with E-state index in [1.165, 1.54) is 0 Å². The summed E-state index contributed by atoms with van der Waals surface area (Å²) in [4.78, 5) is 10.8. The number of hydrogen-bond acceptors (Lipinski definition) is 3. The molecule has 7 aromatic carbocycles. The van der Waals surface area contributed by atoms with Crippen molar-refractivity contribution >= 4 is 11.0 Å². The minimum atomic E-state index is -0.915. The number of phenolic OH excluding ortho intramolecular Hbond substituents is 1. The first-order chi connectivity index (χ1) is 35.6. The second-order valence-corrected chi connectivity index (χ2v) is 23.8. The molecule has 0 radical (unpaired) electrons. The molecule has 74 heavy (non-hydrogen) atoms. The number of imidazole rings is 1. The monoisotopic (exact) mass is 1160 g/mol. The molecule has 0 aliphatic heterocycles. The molecule has 0 fully saturated rings. The predicted octanol–water partition coefficient (Wildman–Crippen LogP) is 18.3. The molecular weight excluding hydrogens is 1080 g/mol. The van der Waals surface area contributed by atoms with E-state index in [9.17, 15) is 9.22 Å². The molecule has 0 saturated heterocycles. The number of para-hydroxylation sites is 1. The number of aromatic nitrogens is 3. The number of hydrogen-bond donors (Lipinski definition) is 1. The molecule has 380 valence electrons. The maximum atomic E-state index is 12.8. The van der Waals surface area contributed by atoms with Gasteiger partial charge in [-0.3, -0.25) is 9.55 Å². The van der Waals surface area contributed by atoms with Gasteiger partial charge in [0.1, 0.15) is 11.6 Å². The minimum absolute atomic E-state index is 0. The van der Waals surface area contributed by atoms with Crippen LogP contribution in [0.5, 0.6) is 5.75 Å². The molecule has 0 spiro atoms. The number of phenols is 1. The summed E-state index contributed by atoms with van der Waals surface area (Å²) in [6.07, 6.45) is 2.98. The molecule has 1 N–H and O–H groups in total. The van der Waals surface area contributed by atoms with Gasteiger partial charge in [-0.2, -0.15) is 0 Å². The maximum Gasteiger partial charge on any atom is 0.148 e. The van der Waals surface area contributed by atoms with E-state index in [-0.39, 0.29) is 43.1 Å². The average molecular weight is 1160 g/mol. The Balaban J connectivity index is 0.00000722. The van der Waals surface area contributed by atoms with Crippen molar-refractivity contribution in [3.8, 4) is 67.5 Å².